The molecule has 4 rings (SSSR count). The van der Waals surface area contributed by atoms with Crippen LogP contribution in [0.4, 0.5) is 0 Å². The Balaban J connectivity index is 1.88. The first kappa shape index (κ1) is 30.3. The molecule has 4 heterocycles. The van der Waals surface area contributed by atoms with Gasteiger partial charge in [0.05, 0.1) is 22.8 Å². The first-order valence-electron chi connectivity index (χ1n) is 15.5. The first-order valence-corrected chi connectivity index (χ1v) is 15.5. The average Bonchev–Trinajstić information content (AvgIpc) is 3.67. The number of hydrogen-bond acceptors (Lipinski definition) is 3. The molecule has 0 fully saturated rings. The number of H-pyrrole nitrogens is 1. The van der Waals surface area contributed by atoms with Gasteiger partial charge in [0.2, 0.25) is 0 Å². The minimum atomic E-state index is -0.113. The SMILES string of the molecule is CCC1=C(CC)C(/C=c2\[nH]/c(=C\C3=NC(=C/C4=NC(=O)C(CC)=C4CC)/C(CC)=C3CC)c(CC)c2CC)=NC1=O. The third-order valence-corrected chi connectivity index (χ3v) is 8.48. The molecule has 0 aromatic carbocycles. The zero-order valence-electron chi connectivity index (χ0n) is 26.0. The van der Waals surface area contributed by atoms with Gasteiger partial charge in [-0.1, -0.05) is 55.4 Å². The van der Waals surface area contributed by atoms with E-state index >= 15 is 0 Å². The highest BCUT2D eigenvalue weighted by Crippen LogP contribution is 2.33. The molecule has 0 aliphatic carbocycles. The molecule has 0 saturated carbocycles. The van der Waals surface area contributed by atoms with Gasteiger partial charge in [-0.2, -0.15) is 0 Å². The molecule has 0 radical (unpaired) electrons. The topological polar surface area (TPSA) is 87.0 Å². The van der Waals surface area contributed by atoms with Crippen molar-refractivity contribution >= 4 is 41.1 Å². The summed E-state index contributed by atoms with van der Waals surface area (Å²) in [6.45, 7) is 16.9. The molecule has 3 aliphatic rings. The lowest BCUT2D eigenvalue weighted by atomic mass is 9.96. The van der Waals surface area contributed by atoms with E-state index in [1.165, 1.54) is 22.3 Å². The Labute approximate surface area is 244 Å². The fourth-order valence-electron chi connectivity index (χ4n) is 6.49. The highest BCUT2D eigenvalue weighted by Gasteiger charge is 2.26. The van der Waals surface area contributed by atoms with Crippen molar-refractivity contribution in [3.63, 3.8) is 0 Å². The second kappa shape index (κ2) is 12.9. The summed E-state index contributed by atoms with van der Waals surface area (Å²) in [6.07, 6.45) is 12.7. The van der Waals surface area contributed by atoms with Crippen LogP contribution in [0.15, 0.2) is 60.2 Å². The number of rotatable bonds is 11. The van der Waals surface area contributed by atoms with Crippen molar-refractivity contribution < 1.29 is 9.59 Å². The van der Waals surface area contributed by atoms with E-state index in [2.05, 4.69) is 68.7 Å². The Kier molecular flexibility index (Phi) is 9.52. The van der Waals surface area contributed by atoms with Crippen LogP contribution in [0.5, 0.6) is 0 Å². The minimum Gasteiger partial charge on any atom is -0.355 e. The van der Waals surface area contributed by atoms with Crippen LogP contribution in [0.2, 0.25) is 0 Å². The molecule has 6 heteroatoms. The Hall–Kier alpha value is -3.67. The van der Waals surface area contributed by atoms with Crippen molar-refractivity contribution in [2.45, 2.75) is 107 Å². The Morgan fingerprint density at radius 2 is 0.829 bits per heavy atom. The maximum Gasteiger partial charge on any atom is 0.273 e. The van der Waals surface area contributed by atoms with Crippen LogP contribution in [0.1, 0.15) is 105 Å². The summed E-state index contributed by atoms with van der Waals surface area (Å²) in [7, 11) is 0. The molecule has 0 spiro atoms. The van der Waals surface area contributed by atoms with Crippen LogP contribution >= 0.6 is 0 Å². The molecule has 3 aliphatic heterocycles. The summed E-state index contributed by atoms with van der Waals surface area (Å²) in [4.78, 5) is 42.6. The van der Waals surface area contributed by atoms with E-state index in [-0.39, 0.29) is 11.8 Å². The van der Waals surface area contributed by atoms with Gasteiger partial charge in [-0.05, 0) is 103 Å². The van der Waals surface area contributed by atoms with Crippen LogP contribution < -0.4 is 10.7 Å². The van der Waals surface area contributed by atoms with Gasteiger partial charge in [0.1, 0.15) is 0 Å². The van der Waals surface area contributed by atoms with Crippen molar-refractivity contribution in [3.05, 3.63) is 67.0 Å². The number of hydrogen-bond donors (Lipinski definition) is 1. The summed E-state index contributed by atoms with van der Waals surface area (Å²) >= 11 is 0. The molecule has 0 atom stereocenters. The van der Waals surface area contributed by atoms with Crippen molar-refractivity contribution in [2.24, 2.45) is 15.0 Å². The molecule has 41 heavy (non-hydrogen) atoms. The fourth-order valence-corrected chi connectivity index (χ4v) is 6.49. The van der Waals surface area contributed by atoms with Crippen molar-refractivity contribution in [1.29, 1.82) is 0 Å². The summed E-state index contributed by atoms with van der Waals surface area (Å²) in [6, 6.07) is 0. The van der Waals surface area contributed by atoms with E-state index in [1.54, 1.807) is 0 Å². The largest absolute Gasteiger partial charge is 0.355 e. The Bertz CT molecular complexity index is 1630. The van der Waals surface area contributed by atoms with Gasteiger partial charge in [-0.3, -0.25) is 9.59 Å². The second-order valence-electron chi connectivity index (χ2n) is 10.5. The lowest BCUT2D eigenvalue weighted by molar-refractivity contribution is -0.115. The van der Waals surface area contributed by atoms with Gasteiger partial charge in [0.15, 0.2) is 0 Å². The van der Waals surface area contributed by atoms with Crippen LogP contribution in [0, 0.1) is 0 Å². The standard InChI is InChI=1S/C35H44N4O2/c1-9-20-22(11-3)30(18-32-24(13-5)26(15-7)34(40)38-32)36-28(20)17-29-21(10-2)23(12-4)31(37-29)19-33-25(14-6)27(16-8)35(41)39-33/h17-19,36H,9-16H2,1-8H3/b28-17-,30-18-,31-19+. The predicted octanol–water partition coefficient (Wildman–Crippen LogP) is 6.35. The van der Waals surface area contributed by atoms with Crippen LogP contribution in [0.25, 0.3) is 12.2 Å². The van der Waals surface area contributed by atoms with Gasteiger partial charge < -0.3 is 4.98 Å². The number of nitrogens with zero attached hydrogens (tertiary/aromatic N) is 3. The molecule has 1 N–H and O–H groups in total. The number of allylic oxidation sites excluding steroid dienone is 5. The van der Waals surface area contributed by atoms with Gasteiger partial charge in [0, 0.05) is 21.8 Å². The Morgan fingerprint density at radius 1 is 0.463 bits per heavy atom. The molecule has 1 aromatic rings. The molecule has 1 aromatic heterocycles. The van der Waals surface area contributed by atoms with E-state index in [9.17, 15) is 9.59 Å². The molecule has 6 nitrogen and oxygen atoms in total. The smallest absolute Gasteiger partial charge is 0.273 e. The number of aliphatic imine (C=N–C) groups is 3. The van der Waals surface area contributed by atoms with E-state index in [0.29, 0.717) is 12.8 Å². The highest BCUT2D eigenvalue weighted by atomic mass is 16.2. The number of aromatic nitrogens is 1. The van der Waals surface area contributed by atoms with Crippen LogP contribution in [-0.4, -0.2) is 33.9 Å². The van der Waals surface area contributed by atoms with Gasteiger partial charge in [-0.15, -0.1) is 0 Å². The minimum absolute atomic E-state index is 0.104. The number of carbonyl (C=O) groups excluding carboxylic acids is 2. The lowest BCUT2D eigenvalue weighted by Gasteiger charge is -2.06. The Morgan fingerprint density at radius 3 is 1.22 bits per heavy atom. The quantitative estimate of drug-likeness (QED) is 0.347. The van der Waals surface area contributed by atoms with E-state index in [1.807, 2.05) is 19.9 Å². The lowest BCUT2D eigenvalue weighted by Crippen LogP contribution is -2.16. The van der Waals surface area contributed by atoms with Gasteiger partial charge >= 0.3 is 0 Å². The molecule has 216 valence electrons. The van der Waals surface area contributed by atoms with Crippen molar-refractivity contribution in [3.8, 4) is 0 Å². The molecule has 0 bridgehead atoms. The number of nitrogens with one attached hydrogen (secondary N) is 1. The summed E-state index contributed by atoms with van der Waals surface area (Å²) < 4.78 is 0. The van der Waals surface area contributed by atoms with Crippen LogP contribution in [0.3, 0.4) is 0 Å². The second-order valence-corrected chi connectivity index (χ2v) is 10.5. The van der Waals surface area contributed by atoms with Crippen LogP contribution in [-0.2, 0) is 22.4 Å². The summed E-state index contributed by atoms with van der Waals surface area (Å²) in [5.41, 5.74) is 12.1. The average molecular weight is 553 g/mol. The van der Waals surface area contributed by atoms with Gasteiger partial charge in [0.25, 0.3) is 11.8 Å². The molecule has 0 unspecified atom stereocenters. The molecular formula is C35H44N4O2. The fraction of sp³-hybridized carbons (Fsp3) is 0.457. The zero-order valence-corrected chi connectivity index (χ0v) is 26.0. The number of amides is 2. The maximum absolute atomic E-state index is 12.5. The van der Waals surface area contributed by atoms with E-state index < -0.39 is 0 Å². The molecular weight excluding hydrogens is 508 g/mol. The highest BCUT2D eigenvalue weighted by molar-refractivity contribution is 6.31. The molecule has 2 amide bonds. The number of aromatic amines is 1. The van der Waals surface area contributed by atoms with Crippen molar-refractivity contribution in [2.75, 3.05) is 0 Å². The number of carbonyl (C=O) groups is 2. The van der Waals surface area contributed by atoms with E-state index in [0.717, 1.165) is 94.3 Å². The first-order chi connectivity index (χ1) is 19.8. The third-order valence-electron chi connectivity index (χ3n) is 8.48. The van der Waals surface area contributed by atoms with Gasteiger partial charge in [-0.25, -0.2) is 15.0 Å². The maximum atomic E-state index is 12.5. The zero-order chi connectivity index (χ0) is 29.8. The summed E-state index contributed by atoms with van der Waals surface area (Å²) in [5, 5.41) is 2.07. The normalized spacial score (nSPS) is 19.6. The molecule has 0 saturated heterocycles. The predicted molar refractivity (Wildman–Crippen MR) is 171 cm³/mol. The summed E-state index contributed by atoms with van der Waals surface area (Å²) in [5.74, 6) is -0.217. The van der Waals surface area contributed by atoms with E-state index in [4.69, 9.17) is 4.99 Å². The third kappa shape index (κ3) is 5.49. The monoisotopic (exact) mass is 552 g/mol. The van der Waals surface area contributed by atoms with Crippen molar-refractivity contribution in [1.82, 2.24) is 4.98 Å².